The number of allylic oxidation sites excluding steroid dienone is 1. The molecule has 1 fully saturated rings. The third-order valence-corrected chi connectivity index (χ3v) is 4.58. The summed E-state index contributed by atoms with van der Waals surface area (Å²) in [5.74, 6) is 0.0427. The summed E-state index contributed by atoms with van der Waals surface area (Å²) in [6.07, 6.45) is 21.5. The van der Waals surface area contributed by atoms with Crippen molar-refractivity contribution in [2.24, 2.45) is 5.92 Å². The van der Waals surface area contributed by atoms with E-state index in [0.29, 0.717) is 12.3 Å². The number of carboxylic acids is 1. The predicted octanol–water partition coefficient (Wildman–Crippen LogP) is 5.74. The SMILES string of the molecule is O=C(O)CCCCCCCCCCCCCCC=CC1COC1. The molecule has 1 saturated heterocycles. The number of rotatable bonds is 16. The minimum atomic E-state index is -0.658. The molecule has 0 aromatic carbocycles. The van der Waals surface area contributed by atoms with Gasteiger partial charge in [-0.25, -0.2) is 0 Å². The number of carboxylic acid groups (broad SMARTS) is 1. The summed E-state index contributed by atoms with van der Waals surface area (Å²) in [7, 11) is 0. The van der Waals surface area contributed by atoms with E-state index in [0.717, 1.165) is 26.1 Å². The van der Waals surface area contributed by atoms with Crippen LogP contribution in [0.15, 0.2) is 12.2 Å². The molecule has 1 aliphatic heterocycles. The fourth-order valence-electron chi connectivity index (χ4n) is 2.96. The second-order valence-corrected chi connectivity index (χ2v) is 6.90. The van der Waals surface area contributed by atoms with Crippen LogP contribution in [0, 0.1) is 5.92 Å². The molecular formula is C20H36O3. The van der Waals surface area contributed by atoms with Crippen molar-refractivity contribution in [1.29, 1.82) is 0 Å². The Balaban J connectivity index is 1.66. The van der Waals surface area contributed by atoms with E-state index in [1.54, 1.807) is 0 Å². The van der Waals surface area contributed by atoms with Crippen LogP contribution in [-0.2, 0) is 9.53 Å². The van der Waals surface area contributed by atoms with Crippen molar-refractivity contribution in [2.45, 2.75) is 89.9 Å². The lowest BCUT2D eigenvalue weighted by Gasteiger charge is -2.22. The van der Waals surface area contributed by atoms with Crippen LogP contribution in [0.4, 0.5) is 0 Å². The number of aliphatic carboxylic acids is 1. The van der Waals surface area contributed by atoms with Gasteiger partial charge in [0.15, 0.2) is 0 Å². The fourth-order valence-corrected chi connectivity index (χ4v) is 2.96. The average molecular weight is 325 g/mol. The van der Waals surface area contributed by atoms with E-state index in [1.807, 2.05) is 0 Å². The first-order chi connectivity index (χ1) is 11.3. The Morgan fingerprint density at radius 3 is 1.74 bits per heavy atom. The van der Waals surface area contributed by atoms with Crippen LogP contribution in [0.1, 0.15) is 89.9 Å². The molecule has 0 unspecified atom stereocenters. The quantitative estimate of drug-likeness (QED) is 0.291. The highest BCUT2D eigenvalue weighted by Gasteiger charge is 2.13. The molecule has 0 aromatic heterocycles. The molecule has 1 heterocycles. The van der Waals surface area contributed by atoms with Crippen molar-refractivity contribution < 1.29 is 14.6 Å². The normalized spacial score (nSPS) is 15.1. The van der Waals surface area contributed by atoms with Gasteiger partial charge in [0.25, 0.3) is 0 Å². The van der Waals surface area contributed by atoms with Crippen LogP contribution in [0.25, 0.3) is 0 Å². The summed E-state index contributed by atoms with van der Waals surface area (Å²) >= 11 is 0. The van der Waals surface area contributed by atoms with Crippen LogP contribution in [-0.4, -0.2) is 24.3 Å². The first kappa shape index (κ1) is 20.2. The van der Waals surface area contributed by atoms with Crippen LogP contribution in [0.3, 0.4) is 0 Å². The van der Waals surface area contributed by atoms with Crippen molar-refractivity contribution in [3.05, 3.63) is 12.2 Å². The van der Waals surface area contributed by atoms with Crippen molar-refractivity contribution >= 4 is 5.97 Å². The lowest BCUT2D eigenvalue weighted by molar-refractivity contribution is -0.137. The molecule has 134 valence electrons. The highest BCUT2D eigenvalue weighted by molar-refractivity contribution is 5.66. The largest absolute Gasteiger partial charge is 0.481 e. The van der Waals surface area contributed by atoms with E-state index in [4.69, 9.17) is 9.84 Å². The fraction of sp³-hybridized carbons (Fsp3) is 0.850. The molecule has 0 amide bonds. The maximum Gasteiger partial charge on any atom is 0.303 e. The lowest BCUT2D eigenvalue weighted by Crippen LogP contribution is -2.25. The standard InChI is InChI=1S/C20H36O3/c21-20(22)16-14-12-10-8-6-4-2-1-3-5-7-9-11-13-15-19-17-23-18-19/h13,15,19H,1-12,14,16-18H2,(H,21,22). The summed E-state index contributed by atoms with van der Waals surface area (Å²) in [5.41, 5.74) is 0. The van der Waals surface area contributed by atoms with Crippen molar-refractivity contribution in [3.63, 3.8) is 0 Å². The van der Waals surface area contributed by atoms with Crippen LogP contribution in [0.5, 0.6) is 0 Å². The number of carbonyl (C=O) groups is 1. The summed E-state index contributed by atoms with van der Waals surface area (Å²) in [6.45, 7) is 1.86. The van der Waals surface area contributed by atoms with Gasteiger partial charge >= 0.3 is 5.97 Å². The van der Waals surface area contributed by atoms with E-state index in [-0.39, 0.29) is 0 Å². The molecule has 3 nitrogen and oxygen atoms in total. The van der Waals surface area contributed by atoms with Gasteiger partial charge in [-0.1, -0.05) is 76.4 Å². The molecule has 0 radical (unpaired) electrons. The number of ether oxygens (including phenoxy) is 1. The van der Waals surface area contributed by atoms with Crippen LogP contribution < -0.4 is 0 Å². The monoisotopic (exact) mass is 324 g/mol. The summed E-state index contributed by atoms with van der Waals surface area (Å²) in [4.78, 5) is 10.4. The Bertz CT molecular complexity index is 308. The average Bonchev–Trinajstić information content (AvgIpc) is 2.48. The minimum absolute atomic E-state index is 0.338. The molecular weight excluding hydrogens is 288 g/mol. The van der Waals surface area contributed by atoms with Crippen molar-refractivity contribution in [3.8, 4) is 0 Å². The zero-order valence-corrected chi connectivity index (χ0v) is 14.8. The first-order valence-corrected chi connectivity index (χ1v) is 9.75. The Morgan fingerprint density at radius 2 is 1.30 bits per heavy atom. The Labute approximate surface area is 142 Å². The number of unbranched alkanes of at least 4 members (excludes halogenated alkanes) is 12. The molecule has 1 rings (SSSR count). The number of hydrogen-bond donors (Lipinski definition) is 1. The van der Waals surface area contributed by atoms with Gasteiger partial charge in [0.05, 0.1) is 13.2 Å². The zero-order valence-electron chi connectivity index (χ0n) is 14.8. The molecule has 0 aliphatic carbocycles. The van der Waals surface area contributed by atoms with Gasteiger partial charge in [-0.15, -0.1) is 0 Å². The van der Waals surface area contributed by atoms with Crippen LogP contribution in [0.2, 0.25) is 0 Å². The molecule has 23 heavy (non-hydrogen) atoms. The molecule has 3 heteroatoms. The first-order valence-electron chi connectivity index (χ1n) is 9.75. The predicted molar refractivity (Wildman–Crippen MR) is 95.7 cm³/mol. The summed E-state index contributed by atoms with van der Waals surface area (Å²) in [6, 6.07) is 0. The summed E-state index contributed by atoms with van der Waals surface area (Å²) in [5, 5.41) is 8.54. The number of hydrogen-bond acceptors (Lipinski definition) is 2. The minimum Gasteiger partial charge on any atom is -0.481 e. The maximum atomic E-state index is 10.4. The van der Waals surface area contributed by atoms with Gasteiger partial charge in [0.2, 0.25) is 0 Å². The highest BCUT2D eigenvalue weighted by atomic mass is 16.5. The third-order valence-electron chi connectivity index (χ3n) is 4.58. The van der Waals surface area contributed by atoms with Crippen molar-refractivity contribution in [2.75, 3.05) is 13.2 Å². The van der Waals surface area contributed by atoms with Gasteiger partial charge in [-0.3, -0.25) is 4.79 Å². The second kappa shape index (κ2) is 14.7. The van der Waals surface area contributed by atoms with E-state index >= 15 is 0 Å². The van der Waals surface area contributed by atoms with Gasteiger partial charge < -0.3 is 9.84 Å². The smallest absolute Gasteiger partial charge is 0.303 e. The van der Waals surface area contributed by atoms with E-state index in [9.17, 15) is 4.79 Å². The molecule has 0 atom stereocenters. The van der Waals surface area contributed by atoms with E-state index < -0.39 is 5.97 Å². The van der Waals surface area contributed by atoms with E-state index in [1.165, 1.54) is 70.6 Å². The third kappa shape index (κ3) is 13.3. The molecule has 1 aliphatic rings. The molecule has 1 N–H and O–H groups in total. The lowest BCUT2D eigenvalue weighted by atomic mass is 10.0. The van der Waals surface area contributed by atoms with Crippen molar-refractivity contribution in [1.82, 2.24) is 0 Å². The van der Waals surface area contributed by atoms with Gasteiger partial charge in [-0.05, 0) is 19.3 Å². The highest BCUT2D eigenvalue weighted by Crippen LogP contribution is 2.14. The van der Waals surface area contributed by atoms with Gasteiger partial charge in [0.1, 0.15) is 0 Å². The maximum absolute atomic E-state index is 10.4. The molecule has 0 spiro atoms. The second-order valence-electron chi connectivity index (χ2n) is 6.90. The zero-order chi connectivity index (χ0) is 16.6. The molecule has 0 aromatic rings. The topological polar surface area (TPSA) is 46.5 Å². The Morgan fingerprint density at radius 1 is 0.826 bits per heavy atom. The van der Waals surface area contributed by atoms with Crippen LogP contribution >= 0.6 is 0 Å². The Hall–Kier alpha value is -0.830. The molecule has 0 saturated carbocycles. The van der Waals surface area contributed by atoms with Gasteiger partial charge in [-0.2, -0.15) is 0 Å². The Kier molecular flexibility index (Phi) is 13.0. The summed E-state index contributed by atoms with van der Waals surface area (Å²) < 4.78 is 5.15. The van der Waals surface area contributed by atoms with Gasteiger partial charge in [0, 0.05) is 12.3 Å². The molecule has 0 bridgehead atoms. The van der Waals surface area contributed by atoms with E-state index in [2.05, 4.69) is 12.2 Å².